The highest BCUT2D eigenvalue weighted by Gasteiger charge is 2.13. The average molecular weight is 232 g/mol. The molecule has 0 aliphatic carbocycles. The van der Waals surface area contributed by atoms with E-state index in [1.807, 2.05) is 6.92 Å². The lowest BCUT2D eigenvalue weighted by molar-refractivity contribution is 0.629. The smallest absolute Gasteiger partial charge is 0.173 e. The number of nitrogens with zero attached hydrogens (tertiary/aromatic N) is 2. The van der Waals surface area contributed by atoms with Crippen LogP contribution in [0.4, 0.5) is 15.8 Å². The number of hydrogen-bond acceptors (Lipinski definition) is 4. The molecule has 0 amide bonds. The molecule has 2 aromatic rings. The summed E-state index contributed by atoms with van der Waals surface area (Å²) < 4.78 is 13.8. The van der Waals surface area contributed by atoms with Crippen LogP contribution in [0.1, 0.15) is 11.3 Å². The van der Waals surface area contributed by atoms with Gasteiger partial charge in [-0.3, -0.25) is 4.98 Å². The first-order valence-corrected chi connectivity index (χ1v) is 5.14. The lowest BCUT2D eigenvalue weighted by atomic mass is 10.1. The van der Waals surface area contributed by atoms with Crippen molar-refractivity contribution in [2.24, 2.45) is 0 Å². The van der Waals surface area contributed by atoms with Gasteiger partial charge in [0.1, 0.15) is 5.69 Å². The van der Waals surface area contributed by atoms with Crippen LogP contribution in [-0.2, 0) is 0 Å². The molecule has 0 fully saturated rings. The summed E-state index contributed by atoms with van der Waals surface area (Å²) in [7, 11) is 0. The molecule has 2 heterocycles. The zero-order valence-corrected chi connectivity index (χ0v) is 9.66. The van der Waals surface area contributed by atoms with Crippen LogP contribution < -0.4 is 11.5 Å². The molecule has 0 saturated heterocycles. The molecule has 0 unspecified atom stereocenters. The van der Waals surface area contributed by atoms with Gasteiger partial charge in [-0.2, -0.15) is 0 Å². The third kappa shape index (κ3) is 2.04. The van der Waals surface area contributed by atoms with Crippen molar-refractivity contribution in [2.45, 2.75) is 13.8 Å². The van der Waals surface area contributed by atoms with Crippen LogP contribution in [0.15, 0.2) is 18.3 Å². The van der Waals surface area contributed by atoms with E-state index in [-0.39, 0.29) is 11.4 Å². The number of aryl methyl sites for hydroxylation is 2. The summed E-state index contributed by atoms with van der Waals surface area (Å²) in [6.45, 7) is 3.58. The van der Waals surface area contributed by atoms with Crippen LogP contribution in [-0.4, -0.2) is 9.97 Å². The van der Waals surface area contributed by atoms with Gasteiger partial charge in [-0.05, 0) is 31.5 Å². The Bertz CT molecular complexity index is 581. The van der Waals surface area contributed by atoms with Gasteiger partial charge in [0.25, 0.3) is 0 Å². The molecule has 88 valence electrons. The highest BCUT2D eigenvalue weighted by atomic mass is 19.1. The van der Waals surface area contributed by atoms with Gasteiger partial charge in [0.2, 0.25) is 0 Å². The molecule has 0 saturated carbocycles. The molecule has 0 radical (unpaired) electrons. The Morgan fingerprint density at radius 1 is 1.12 bits per heavy atom. The van der Waals surface area contributed by atoms with Crippen molar-refractivity contribution >= 4 is 11.4 Å². The number of halogens is 1. The number of anilines is 2. The van der Waals surface area contributed by atoms with E-state index in [2.05, 4.69) is 9.97 Å². The topological polar surface area (TPSA) is 77.8 Å². The SMILES string of the molecule is Cc1cc(N)c(F)c(-c2cc(N)c(C)cn2)n1. The van der Waals surface area contributed by atoms with Gasteiger partial charge in [-0.25, -0.2) is 9.37 Å². The molecule has 0 bridgehead atoms. The first-order valence-electron chi connectivity index (χ1n) is 5.14. The quantitative estimate of drug-likeness (QED) is 0.788. The minimum absolute atomic E-state index is 0.0634. The third-order valence-corrected chi connectivity index (χ3v) is 2.50. The van der Waals surface area contributed by atoms with Crippen LogP contribution in [0, 0.1) is 19.7 Å². The fraction of sp³-hybridized carbons (Fsp3) is 0.167. The second-order valence-electron chi connectivity index (χ2n) is 3.94. The fourth-order valence-electron chi connectivity index (χ4n) is 1.52. The molecule has 0 spiro atoms. The Morgan fingerprint density at radius 2 is 1.82 bits per heavy atom. The van der Waals surface area contributed by atoms with Crippen molar-refractivity contribution in [1.29, 1.82) is 0 Å². The van der Waals surface area contributed by atoms with E-state index in [1.54, 1.807) is 19.2 Å². The molecular formula is C12H13FN4. The van der Waals surface area contributed by atoms with Gasteiger partial charge >= 0.3 is 0 Å². The van der Waals surface area contributed by atoms with Gasteiger partial charge in [0, 0.05) is 17.6 Å². The van der Waals surface area contributed by atoms with Crippen molar-refractivity contribution in [3.63, 3.8) is 0 Å². The molecule has 0 aliphatic rings. The number of pyridine rings is 2. The van der Waals surface area contributed by atoms with E-state index in [0.29, 0.717) is 17.1 Å². The summed E-state index contributed by atoms with van der Waals surface area (Å²) in [6, 6.07) is 3.08. The van der Waals surface area contributed by atoms with Crippen molar-refractivity contribution < 1.29 is 4.39 Å². The summed E-state index contributed by atoms with van der Waals surface area (Å²) in [5.41, 5.74) is 13.9. The van der Waals surface area contributed by atoms with Gasteiger partial charge < -0.3 is 11.5 Å². The standard InChI is InChI=1S/C12H13FN4/c1-6-5-16-10(4-8(6)14)12-11(13)9(15)3-7(2)17-12/h3-5H,1-2H3,(H2,14,16)(H2,15,17). The van der Waals surface area contributed by atoms with Crippen molar-refractivity contribution in [3.05, 3.63) is 35.4 Å². The van der Waals surface area contributed by atoms with E-state index < -0.39 is 5.82 Å². The third-order valence-electron chi connectivity index (χ3n) is 2.50. The maximum Gasteiger partial charge on any atom is 0.173 e. The monoisotopic (exact) mass is 232 g/mol. The Kier molecular flexibility index (Phi) is 2.67. The maximum absolute atomic E-state index is 13.8. The fourth-order valence-corrected chi connectivity index (χ4v) is 1.52. The van der Waals surface area contributed by atoms with Gasteiger partial charge in [-0.15, -0.1) is 0 Å². The molecule has 4 nitrogen and oxygen atoms in total. The van der Waals surface area contributed by atoms with E-state index in [1.165, 1.54) is 6.07 Å². The van der Waals surface area contributed by atoms with Crippen molar-refractivity contribution in [3.8, 4) is 11.4 Å². The van der Waals surface area contributed by atoms with E-state index in [4.69, 9.17) is 11.5 Å². The second kappa shape index (κ2) is 4.01. The molecule has 5 heteroatoms. The lowest BCUT2D eigenvalue weighted by Gasteiger charge is -2.07. The summed E-state index contributed by atoms with van der Waals surface area (Å²) in [5.74, 6) is -0.564. The van der Waals surface area contributed by atoms with Gasteiger partial charge in [-0.1, -0.05) is 0 Å². The lowest BCUT2D eigenvalue weighted by Crippen LogP contribution is -2.01. The minimum atomic E-state index is -0.564. The predicted octanol–water partition coefficient (Wildman–Crippen LogP) is 2.06. The predicted molar refractivity (Wildman–Crippen MR) is 65.7 cm³/mol. The van der Waals surface area contributed by atoms with Crippen molar-refractivity contribution in [2.75, 3.05) is 11.5 Å². The molecule has 0 aliphatic heterocycles. The average Bonchev–Trinajstić information content (AvgIpc) is 2.27. The molecule has 17 heavy (non-hydrogen) atoms. The van der Waals surface area contributed by atoms with Crippen LogP contribution in [0.2, 0.25) is 0 Å². The zero-order chi connectivity index (χ0) is 12.6. The normalized spacial score (nSPS) is 10.5. The molecule has 2 aromatic heterocycles. The number of rotatable bonds is 1. The van der Waals surface area contributed by atoms with E-state index in [0.717, 1.165) is 5.56 Å². The molecule has 0 atom stereocenters. The number of nitrogens with two attached hydrogens (primary N) is 2. The molecule has 4 N–H and O–H groups in total. The summed E-state index contributed by atoms with van der Waals surface area (Å²) in [4.78, 5) is 8.22. The first-order chi connectivity index (χ1) is 7.99. The van der Waals surface area contributed by atoms with E-state index >= 15 is 0 Å². The van der Waals surface area contributed by atoms with Crippen LogP contribution in [0.3, 0.4) is 0 Å². The van der Waals surface area contributed by atoms with E-state index in [9.17, 15) is 4.39 Å². The largest absolute Gasteiger partial charge is 0.398 e. The maximum atomic E-state index is 13.8. The number of nitrogen functional groups attached to an aromatic ring is 2. The van der Waals surface area contributed by atoms with Crippen LogP contribution in [0.25, 0.3) is 11.4 Å². The molecular weight excluding hydrogens is 219 g/mol. The summed E-state index contributed by atoms with van der Waals surface area (Å²) in [5, 5.41) is 0. The van der Waals surface area contributed by atoms with Crippen LogP contribution in [0.5, 0.6) is 0 Å². The van der Waals surface area contributed by atoms with Crippen molar-refractivity contribution in [1.82, 2.24) is 9.97 Å². The van der Waals surface area contributed by atoms with Gasteiger partial charge in [0.15, 0.2) is 5.82 Å². The minimum Gasteiger partial charge on any atom is -0.398 e. The Hall–Kier alpha value is -2.17. The zero-order valence-electron chi connectivity index (χ0n) is 9.66. The van der Waals surface area contributed by atoms with Crippen LogP contribution >= 0.6 is 0 Å². The molecule has 0 aromatic carbocycles. The second-order valence-corrected chi connectivity index (χ2v) is 3.94. The Balaban J connectivity index is 2.64. The molecule has 2 rings (SSSR count). The summed E-state index contributed by atoms with van der Waals surface area (Å²) >= 11 is 0. The number of aromatic nitrogens is 2. The highest BCUT2D eigenvalue weighted by Crippen LogP contribution is 2.25. The Labute approximate surface area is 98.5 Å². The number of hydrogen-bond donors (Lipinski definition) is 2. The summed E-state index contributed by atoms with van der Waals surface area (Å²) in [6.07, 6.45) is 1.59. The first kappa shape index (κ1) is 11.3. The highest BCUT2D eigenvalue weighted by molar-refractivity contribution is 5.65. The Morgan fingerprint density at radius 3 is 2.47 bits per heavy atom. The van der Waals surface area contributed by atoms with Gasteiger partial charge in [0.05, 0.1) is 11.4 Å².